The molecule has 1 radical (unpaired) electrons. The van der Waals surface area contributed by atoms with Crippen molar-refractivity contribution < 1.29 is 13.9 Å². The number of benzene rings is 1. The minimum atomic E-state index is -0.708. The molecule has 0 bridgehead atoms. The number of rotatable bonds is 4. The van der Waals surface area contributed by atoms with Gasteiger partial charge in [0.2, 0.25) is 0 Å². The van der Waals surface area contributed by atoms with Gasteiger partial charge < -0.3 is 9.47 Å². The zero-order valence-corrected chi connectivity index (χ0v) is 9.34. The van der Waals surface area contributed by atoms with Gasteiger partial charge >= 0.3 is 0 Å². The van der Waals surface area contributed by atoms with Gasteiger partial charge in [0.1, 0.15) is 6.07 Å². The van der Waals surface area contributed by atoms with E-state index >= 15 is 0 Å². The summed E-state index contributed by atoms with van der Waals surface area (Å²) in [6.07, 6.45) is 0. The molecule has 1 aromatic rings. The van der Waals surface area contributed by atoms with Crippen molar-refractivity contribution >= 4 is 0 Å². The molecule has 0 heterocycles. The molecule has 0 saturated carbocycles. The number of hydrogen-bond acceptors (Lipinski definition) is 3. The zero-order chi connectivity index (χ0) is 12.1. The molecule has 0 spiro atoms. The average molecular weight is 222 g/mol. The summed E-state index contributed by atoms with van der Waals surface area (Å²) in [7, 11) is 0. The van der Waals surface area contributed by atoms with E-state index in [9.17, 15) is 4.39 Å². The van der Waals surface area contributed by atoms with Gasteiger partial charge in [-0.25, -0.2) is 4.39 Å². The molecule has 4 heteroatoms. The number of nitriles is 1. The minimum absolute atomic E-state index is 0.0201. The molecule has 16 heavy (non-hydrogen) atoms. The number of halogens is 1. The maximum atomic E-state index is 13.8. The van der Waals surface area contributed by atoms with Crippen molar-refractivity contribution in [3.63, 3.8) is 0 Å². The molecule has 0 fully saturated rings. The van der Waals surface area contributed by atoms with Crippen molar-refractivity contribution in [1.29, 1.82) is 5.26 Å². The van der Waals surface area contributed by atoms with E-state index < -0.39 is 5.82 Å². The molecular formula is C12H13FNO2. The number of hydrogen-bond donors (Lipinski definition) is 0. The van der Waals surface area contributed by atoms with Gasteiger partial charge in [-0.3, -0.25) is 0 Å². The topological polar surface area (TPSA) is 42.2 Å². The van der Waals surface area contributed by atoms with Crippen molar-refractivity contribution in [2.24, 2.45) is 0 Å². The Morgan fingerprint density at radius 1 is 1.38 bits per heavy atom. The Balaban J connectivity index is 3.34. The first-order valence-corrected chi connectivity index (χ1v) is 4.99. The van der Waals surface area contributed by atoms with Gasteiger partial charge in [-0.1, -0.05) is 0 Å². The lowest BCUT2D eigenvalue weighted by molar-refractivity contribution is 0.275. The quantitative estimate of drug-likeness (QED) is 0.786. The monoisotopic (exact) mass is 222 g/mol. The van der Waals surface area contributed by atoms with Crippen LogP contribution in [0.5, 0.6) is 11.5 Å². The van der Waals surface area contributed by atoms with E-state index in [4.69, 9.17) is 14.7 Å². The largest absolute Gasteiger partial charge is 0.490 e. The first-order chi connectivity index (χ1) is 7.65. The Morgan fingerprint density at radius 3 is 2.50 bits per heavy atom. The molecule has 1 aromatic carbocycles. The fourth-order valence-corrected chi connectivity index (χ4v) is 1.32. The maximum Gasteiger partial charge on any atom is 0.198 e. The molecule has 0 N–H and O–H groups in total. The minimum Gasteiger partial charge on any atom is -0.490 e. The van der Waals surface area contributed by atoms with Crippen molar-refractivity contribution in [3.8, 4) is 17.6 Å². The van der Waals surface area contributed by atoms with Crippen LogP contribution >= 0.6 is 0 Å². The van der Waals surface area contributed by atoms with Gasteiger partial charge in [0.05, 0.1) is 18.8 Å². The fraction of sp³-hybridized carbons (Fsp3) is 0.333. The van der Waals surface area contributed by atoms with Gasteiger partial charge in [0, 0.05) is 0 Å². The van der Waals surface area contributed by atoms with Crippen molar-refractivity contribution in [2.75, 3.05) is 13.2 Å². The summed E-state index contributed by atoms with van der Waals surface area (Å²) in [5, 5.41) is 8.79. The van der Waals surface area contributed by atoms with E-state index in [1.807, 2.05) is 0 Å². The molecule has 0 aromatic heterocycles. The van der Waals surface area contributed by atoms with E-state index in [0.717, 1.165) is 0 Å². The first kappa shape index (κ1) is 12.3. The summed E-state index contributed by atoms with van der Waals surface area (Å²) < 4.78 is 24.2. The van der Waals surface area contributed by atoms with Crippen LogP contribution in [0.2, 0.25) is 0 Å². The third-order valence-electron chi connectivity index (χ3n) is 1.97. The van der Waals surface area contributed by atoms with Gasteiger partial charge in [-0.2, -0.15) is 5.26 Å². The molecule has 0 amide bonds. The van der Waals surface area contributed by atoms with E-state index in [1.165, 1.54) is 6.07 Å². The third kappa shape index (κ3) is 2.25. The Morgan fingerprint density at radius 2 is 2.00 bits per heavy atom. The Labute approximate surface area is 94.4 Å². The van der Waals surface area contributed by atoms with Crippen LogP contribution in [0.4, 0.5) is 4.39 Å². The highest BCUT2D eigenvalue weighted by Crippen LogP contribution is 2.34. The maximum absolute atomic E-state index is 13.8. The SMILES string of the molecule is [CH2]c1cc(OCC)c(OCC)c(F)c1C#N. The molecular weight excluding hydrogens is 209 g/mol. The second kappa shape index (κ2) is 5.36. The summed E-state index contributed by atoms with van der Waals surface area (Å²) >= 11 is 0. The summed E-state index contributed by atoms with van der Waals surface area (Å²) in [6, 6.07) is 3.27. The molecule has 0 atom stereocenters. The lowest BCUT2D eigenvalue weighted by Crippen LogP contribution is -2.03. The van der Waals surface area contributed by atoms with Gasteiger partial charge in [0.15, 0.2) is 17.3 Å². The van der Waals surface area contributed by atoms with E-state index in [2.05, 4.69) is 6.92 Å². The average Bonchev–Trinajstić information content (AvgIpc) is 2.24. The van der Waals surface area contributed by atoms with Crippen LogP contribution in [0.3, 0.4) is 0 Å². The van der Waals surface area contributed by atoms with Crippen molar-refractivity contribution in [1.82, 2.24) is 0 Å². The van der Waals surface area contributed by atoms with Crippen LogP contribution in [0.15, 0.2) is 6.07 Å². The Bertz CT molecular complexity index is 424. The van der Waals surface area contributed by atoms with Crippen LogP contribution < -0.4 is 9.47 Å². The van der Waals surface area contributed by atoms with E-state index in [0.29, 0.717) is 18.8 Å². The van der Waals surface area contributed by atoms with E-state index in [-0.39, 0.29) is 17.1 Å². The fourth-order valence-electron chi connectivity index (χ4n) is 1.32. The molecule has 0 saturated heterocycles. The summed E-state index contributed by atoms with van der Waals surface area (Å²) in [5.41, 5.74) is 0.193. The van der Waals surface area contributed by atoms with E-state index in [1.54, 1.807) is 19.9 Å². The lowest BCUT2D eigenvalue weighted by atomic mass is 10.1. The van der Waals surface area contributed by atoms with Crippen LogP contribution in [0.1, 0.15) is 25.0 Å². The van der Waals surface area contributed by atoms with Crippen LogP contribution in [0.25, 0.3) is 0 Å². The Kier molecular flexibility index (Phi) is 4.12. The van der Waals surface area contributed by atoms with Gasteiger partial charge in [-0.05, 0) is 32.4 Å². The molecule has 1 rings (SSSR count). The molecule has 3 nitrogen and oxygen atoms in total. The van der Waals surface area contributed by atoms with Gasteiger partial charge in [-0.15, -0.1) is 0 Å². The number of nitrogens with zero attached hydrogens (tertiary/aromatic N) is 1. The second-order valence-corrected chi connectivity index (χ2v) is 3.03. The van der Waals surface area contributed by atoms with Crippen molar-refractivity contribution in [3.05, 3.63) is 29.9 Å². The molecule has 0 aliphatic heterocycles. The standard InChI is InChI=1S/C12H13FNO2/c1-4-15-10-6-8(3)9(7-14)11(13)12(10)16-5-2/h6H,3-5H2,1-2H3. The van der Waals surface area contributed by atoms with Crippen LogP contribution in [-0.4, -0.2) is 13.2 Å². The smallest absolute Gasteiger partial charge is 0.198 e. The summed E-state index contributed by atoms with van der Waals surface area (Å²) in [4.78, 5) is 0. The second-order valence-electron chi connectivity index (χ2n) is 3.03. The van der Waals surface area contributed by atoms with Crippen LogP contribution in [-0.2, 0) is 0 Å². The molecule has 0 aliphatic carbocycles. The zero-order valence-electron chi connectivity index (χ0n) is 9.34. The number of ether oxygens (including phenoxy) is 2. The van der Waals surface area contributed by atoms with Crippen LogP contribution in [0, 0.1) is 24.1 Å². The summed E-state index contributed by atoms with van der Waals surface area (Å²) in [6.45, 7) is 7.82. The highest BCUT2D eigenvalue weighted by Gasteiger charge is 2.18. The summed E-state index contributed by atoms with van der Waals surface area (Å²) in [5.74, 6) is -0.445. The normalized spacial score (nSPS) is 9.69. The lowest BCUT2D eigenvalue weighted by Gasteiger charge is -2.13. The molecule has 0 unspecified atom stereocenters. The first-order valence-electron chi connectivity index (χ1n) is 4.99. The Hall–Kier alpha value is -1.76. The predicted octanol–water partition coefficient (Wildman–Crippen LogP) is 2.68. The van der Waals surface area contributed by atoms with Gasteiger partial charge in [0.25, 0.3) is 0 Å². The highest BCUT2D eigenvalue weighted by atomic mass is 19.1. The third-order valence-corrected chi connectivity index (χ3v) is 1.97. The van der Waals surface area contributed by atoms with Crippen molar-refractivity contribution in [2.45, 2.75) is 13.8 Å². The predicted molar refractivity (Wildman–Crippen MR) is 57.9 cm³/mol. The highest BCUT2D eigenvalue weighted by molar-refractivity contribution is 5.54. The molecule has 85 valence electrons. The molecule has 0 aliphatic rings.